The van der Waals surface area contributed by atoms with Crippen molar-refractivity contribution in [3.63, 3.8) is 0 Å². The molecule has 15 heavy (non-hydrogen) atoms. The molecule has 1 fully saturated rings. The Labute approximate surface area is 92.0 Å². The van der Waals surface area contributed by atoms with Gasteiger partial charge in [-0.05, 0) is 26.7 Å². The molecular formula is C11H22N2O2. The van der Waals surface area contributed by atoms with Gasteiger partial charge in [-0.3, -0.25) is 10.1 Å². The molecule has 4 heteroatoms. The van der Waals surface area contributed by atoms with Gasteiger partial charge in [-0.1, -0.05) is 6.92 Å². The zero-order valence-electron chi connectivity index (χ0n) is 10.1. The van der Waals surface area contributed by atoms with E-state index in [0.717, 1.165) is 12.8 Å². The van der Waals surface area contributed by atoms with Crippen LogP contribution in [0.15, 0.2) is 0 Å². The summed E-state index contributed by atoms with van der Waals surface area (Å²) < 4.78 is 5.04. The van der Waals surface area contributed by atoms with E-state index in [0.29, 0.717) is 6.61 Å². The van der Waals surface area contributed by atoms with E-state index in [2.05, 4.69) is 19.2 Å². The van der Waals surface area contributed by atoms with Gasteiger partial charge < -0.3 is 9.64 Å². The van der Waals surface area contributed by atoms with Crippen LogP contribution in [0.2, 0.25) is 0 Å². The van der Waals surface area contributed by atoms with Gasteiger partial charge >= 0.3 is 0 Å². The standard InChI is InChI=1S/C11H22N2O2/c1-5-10-12-9(3)11(14)13(10)8(2)6-7-15-4/h8-10,12H,5-7H2,1-4H3. The lowest BCUT2D eigenvalue weighted by atomic mass is 10.2. The van der Waals surface area contributed by atoms with E-state index in [1.165, 1.54) is 0 Å². The lowest BCUT2D eigenvalue weighted by molar-refractivity contribution is -0.132. The van der Waals surface area contributed by atoms with Crippen LogP contribution >= 0.6 is 0 Å². The summed E-state index contributed by atoms with van der Waals surface area (Å²) in [5, 5.41) is 3.30. The molecule has 88 valence electrons. The molecule has 1 aliphatic heterocycles. The van der Waals surface area contributed by atoms with Crippen molar-refractivity contribution in [2.24, 2.45) is 0 Å². The SMILES string of the molecule is CCC1NC(C)C(=O)N1C(C)CCOC. The topological polar surface area (TPSA) is 41.6 Å². The van der Waals surface area contributed by atoms with Crippen molar-refractivity contribution >= 4 is 5.91 Å². The number of hydrogen-bond acceptors (Lipinski definition) is 3. The number of hydrogen-bond donors (Lipinski definition) is 1. The summed E-state index contributed by atoms with van der Waals surface area (Å²) in [5.41, 5.74) is 0. The molecule has 0 aromatic rings. The molecule has 0 aromatic carbocycles. The fraction of sp³-hybridized carbons (Fsp3) is 0.909. The van der Waals surface area contributed by atoms with Crippen LogP contribution in [0.25, 0.3) is 0 Å². The molecule has 0 aliphatic carbocycles. The Kier molecular flexibility index (Phi) is 4.54. The minimum Gasteiger partial charge on any atom is -0.385 e. The van der Waals surface area contributed by atoms with E-state index >= 15 is 0 Å². The second-order valence-electron chi connectivity index (χ2n) is 4.19. The normalized spacial score (nSPS) is 28.5. The quantitative estimate of drug-likeness (QED) is 0.741. The van der Waals surface area contributed by atoms with E-state index in [9.17, 15) is 4.79 Å². The van der Waals surface area contributed by atoms with E-state index in [1.807, 2.05) is 11.8 Å². The summed E-state index contributed by atoms with van der Waals surface area (Å²) in [6.45, 7) is 6.81. The second-order valence-corrected chi connectivity index (χ2v) is 4.19. The Hall–Kier alpha value is -0.610. The first-order valence-corrected chi connectivity index (χ1v) is 5.69. The molecule has 0 aromatic heterocycles. The second kappa shape index (κ2) is 5.47. The lowest BCUT2D eigenvalue weighted by Crippen LogP contribution is -2.43. The summed E-state index contributed by atoms with van der Waals surface area (Å²) in [4.78, 5) is 13.9. The molecule has 4 nitrogen and oxygen atoms in total. The number of ether oxygens (including phenoxy) is 1. The average molecular weight is 214 g/mol. The predicted molar refractivity (Wildman–Crippen MR) is 59.5 cm³/mol. The van der Waals surface area contributed by atoms with Gasteiger partial charge in [0.1, 0.15) is 0 Å². The molecule has 1 rings (SSSR count). The molecule has 0 spiro atoms. The van der Waals surface area contributed by atoms with E-state index in [1.54, 1.807) is 7.11 Å². The van der Waals surface area contributed by atoms with Crippen LogP contribution in [0.4, 0.5) is 0 Å². The Balaban J connectivity index is 2.60. The maximum atomic E-state index is 11.9. The molecule has 1 heterocycles. The zero-order valence-corrected chi connectivity index (χ0v) is 10.1. The van der Waals surface area contributed by atoms with Crippen molar-refractivity contribution in [1.29, 1.82) is 0 Å². The summed E-state index contributed by atoms with van der Waals surface area (Å²) in [6.07, 6.45) is 2.04. The summed E-state index contributed by atoms with van der Waals surface area (Å²) in [7, 11) is 1.69. The van der Waals surface area contributed by atoms with Gasteiger partial charge in [0, 0.05) is 19.8 Å². The smallest absolute Gasteiger partial charge is 0.240 e. The first kappa shape index (κ1) is 12.5. The highest BCUT2D eigenvalue weighted by Gasteiger charge is 2.37. The summed E-state index contributed by atoms with van der Waals surface area (Å²) in [6, 6.07) is 0.208. The van der Waals surface area contributed by atoms with Gasteiger partial charge in [0.2, 0.25) is 5.91 Å². The Morgan fingerprint density at radius 3 is 2.80 bits per heavy atom. The van der Waals surface area contributed by atoms with Gasteiger partial charge in [0.25, 0.3) is 0 Å². The fourth-order valence-electron chi connectivity index (χ4n) is 2.08. The van der Waals surface area contributed by atoms with Gasteiger partial charge in [-0.15, -0.1) is 0 Å². The third-order valence-electron chi connectivity index (χ3n) is 3.00. The van der Waals surface area contributed by atoms with Crippen LogP contribution in [0, 0.1) is 0 Å². The summed E-state index contributed by atoms with van der Waals surface area (Å²) >= 11 is 0. The number of amides is 1. The number of nitrogens with one attached hydrogen (secondary N) is 1. The molecular weight excluding hydrogens is 192 g/mol. The lowest BCUT2D eigenvalue weighted by Gasteiger charge is -2.29. The summed E-state index contributed by atoms with van der Waals surface area (Å²) in [5.74, 6) is 0.213. The van der Waals surface area contributed by atoms with E-state index in [-0.39, 0.29) is 24.2 Å². The van der Waals surface area contributed by atoms with Crippen LogP contribution in [0.1, 0.15) is 33.6 Å². The van der Waals surface area contributed by atoms with Crippen molar-refractivity contribution in [2.75, 3.05) is 13.7 Å². The molecule has 0 bridgehead atoms. The van der Waals surface area contributed by atoms with Crippen LogP contribution in [-0.2, 0) is 9.53 Å². The molecule has 3 atom stereocenters. The predicted octanol–water partition coefficient (Wildman–Crippen LogP) is 0.968. The Bertz CT molecular complexity index is 221. The minimum atomic E-state index is -0.0417. The largest absolute Gasteiger partial charge is 0.385 e. The molecule has 1 N–H and O–H groups in total. The number of carbonyl (C=O) groups is 1. The molecule has 3 unspecified atom stereocenters. The third kappa shape index (κ3) is 2.69. The molecule has 1 aliphatic rings. The number of methoxy groups -OCH3 is 1. The minimum absolute atomic E-state index is 0.0417. The van der Waals surface area contributed by atoms with Crippen molar-refractivity contribution < 1.29 is 9.53 Å². The molecule has 0 saturated carbocycles. The Morgan fingerprint density at radius 2 is 2.27 bits per heavy atom. The first-order chi connectivity index (χ1) is 7.11. The third-order valence-corrected chi connectivity index (χ3v) is 3.00. The van der Waals surface area contributed by atoms with Crippen molar-refractivity contribution in [2.45, 2.75) is 51.9 Å². The van der Waals surface area contributed by atoms with Gasteiger partial charge in [-0.25, -0.2) is 0 Å². The number of rotatable bonds is 5. The van der Waals surface area contributed by atoms with Crippen LogP contribution in [0.3, 0.4) is 0 Å². The van der Waals surface area contributed by atoms with Crippen molar-refractivity contribution in [3.05, 3.63) is 0 Å². The Morgan fingerprint density at radius 1 is 1.60 bits per heavy atom. The first-order valence-electron chi connectivity index (χ1n) is 5.69. The average Bonchev–Trinajstić information content (AvgIpc) is 2.51. The van der Waals surface area contributed by atoms with E-state index < -0.39 is 0 Å². The van der Waals surface area contributed by atoms with Crippen molar-refractivity contribution in [3.8, 4) is 0 Å². The van der Waals surface area contributed by atoms with Crippen molar-refractivity contribution in [1.82, 2.24) is 10.2 Å². The maximum Gasteiger partial charge on any atom is 0.240 e. The van der Waals surface area contributed by atoms with Crippen LogP contribution < -0.4 is 5.32 Å². The fourth-order valence-corrected chi connectivity index (χ4v) is 2.08. The highest BCUT2D eigenvalue weighted by Crippen LogP contribution is 2.18. The van der Waals surface area contributed by atoms with Gasteiger partial charge in [0.05, 0.1) is 12.2 Å². The molecule has 0 radical (unpaired) electrons. The number of carbonyl (C=O) groups excluding carboxylic acids is 1. The highest BCUT2D eigenvalue weighted by molar-refractivity contribution is 5.84. The van der Waals surface area contributed by atoms with Crippen LogP contribution in [0.5, 0.6) is 0 Å². The van der Waals surface area contributed by atoms with Gasteiger partial charge in [-0.2, -0.15) is 0 Å². The highest BCUT2D eigenvalue weighted by atomic mass is 16.5. The molecule has 1 amide bonds. The molecule has 1 saturated heterocycles. The van der Waals surface area contributed by atoms with E-state index in [4.69, 9.17) is 4.74 Å². The van der Waals surface area contributed by atoms with Gasteiger partial charge in [0.15, 0.2) is 0 Å². The monoisotopic (exact) mass is 214 g/mol. The zero-order chi connectivity index (χ0) is 11.4. The number of nitrogens with zero attached hydrogens (tertiary/aromatic N) is 1. The maximum absolute atomic E-state index is 11.9. The van der Waals surface area contributed by atoms with Crippen LogP contribution in [-0.4, -0.2) is 42.8 Å².